The topological polar surface area (TPSA) is 62.6 Å². The van der Waals surface area contributed by atoms with Crippen LogP contribution in [-0.4, -0.2) is 30.4 Å². The molecule has 1 saturated heterocycles. The molecule has 138 valence electrons. The maximum Gasteiger partial charge on any atom is 0.287 e. The van der Waals surface area contributed by atoms with Gasteiger partial charge in [-0.2, -0.15) is 0 Å². The smallest absolute Gasteiger partial charge is 0.287 e. The molecule has 0 bridgehead atoms. The molecule has 5 nitrogen and oxygen atoms in total. The SMILES string of the molecule is Cc1cc(=O)cc(C(=O)NC[C@@H](c2ccccc2)N2CCCCCC2)o1. The zero-order valence-electron chi connectivity index (χ0n) is 15.2. The minimum atomic E-state index is -0.346. The van der Waals surface area contributed by atoms with Gasteiger partial charge in [0.1, 0.15) is 5.76 Å². The number of hydrogen-bond donors (Lipinski definition) is 1. The highest BCUT2D eigenvalue weighted by Crippen LogP contribution is 2.23. The summed E-state index contributed by atoms with van der Waals surface area (Å²) in [6.45, 7) is 4.23. The molecule has 5 heteroatoms. The van der Waals surface area contributed by atoms with Gasteiger partial charge in [0.15, 0.2) is 11.2 Å². The van der Waals surface area contributed by atoms with Gasteiger partial charge in [-0.1, -0.05) is 43.2 Å². The third-order valence-corrected chi connectivity index (χ3v) is 4.84. The van der Waals surface area contributed by atoms with Crippen LogP contribution < -0.4 is 10.7 Å². The molecule has 1 aliphatic heterocycles. The Kier molecular flexibility index (Phi) is 6.23. The number of amides is 1. The van der Waals surface area contributed by atoms with E-state index in [0.717, 1.165) is 13.1 Å². The lowest BCUT2D eigenvalue weighted by atomic mass is 10.0. The fourth-order valence-corrected chi connectivity index (χ4v) is 3.53. The first-order valence-corrected chi connectivity index (χ1v) is 9.32. The molecule has 0 aliphatic carbocycles. The van der Waals surface area contributed by atoms with Gasteiger partial charge in [0.25, 0.3) is 5.91 Å². The Balaban J connectivity index is 1.75. The van der Waals surface area contributed by atoms with E-state index in [4.69, 9.17) is 4.42 Å². The molecule has 2 heterocycles. The van der Waals surface area contributed by atoms with Crippen molar-refractivity contribution in [3.8, 4) is 0 Å². The van der Waals surface area contributed by atoms with Crippen LogP contribution in [0.15, 0.2) is 51.7 Å². The van der Waals surface area contributed by atoms with E-state index in [2.05, 4.69) is 22.3 Å². The van der Waals surface area contributed by atoms with Crippen molar-refractivity contribution >= 4 is 5.91 Å². The number of aryl methyl sites for hydroxylation is 1. The molecule has 1 fully saturated rings. The second-order valence-electron chi connectivity index (χ2n) is 6.85. The lowest BCUT2D eigenvalue weighted by Crippen LogP contribution is -2.38. The van der Waals surface area contributed by atoms with Crippen LogP contribution in [0.2, 0.25) is 0 Å². The lowest BCUT2D eigenvalue weighted by Gasteiger charge is -2.31. The number of carbonyl (C=O) groups excluding carboxylic acids is 1. The van der Waals surface area contributed by atoms with Gasteiger partial charge in [0, 0.05) is 18.7 Å². The van der Waals surface area contributed by atoms with E-state index in [1.165, 1.54) is 43.4 Å². The zero-order chi connectivity index (χ0) is 18.4. The maximum absolute atomic E-state index is 12.5. The van der Waals surface area contributed by atoms with Crippen molar-refractivity contribution < 1.29 is 9.21 Å². The number of nitrogens with one attached hydrogen (secondary N) is 1. The number of benzene rings is 1. The first-order valence-electron chi connectivity index (χ1n) is 9.32. The van der Waals surface area contributed by atoms with E-state index in [1.54, 1.807) is 6.92 Å². The Morgan fingerprint density at radius 2 is 1.81 bits per heavy atom. The molecule has 1 aromatic heterocycles. The Morgan fingerprint density at radius 1 is 1.12 bits per heavy atom. The number of nitrogens with zero attached hydrogens (tertiary/aromatic N) is 1. The summed E-state index contributed by atoms with van der Waals surface area (Å²) in [6, 6.07) is 13.0. The van der Waals surface area contributed by atoms with Gasteiger partial charge in [0.05, 0.1) is 6.04 Å². The molecule has 1 N–H and O–H groups in total. The van der Waals surface area contributed by atoms with Gasteiger partial charge in [-0.3, -0.25) is 14.5 Å². The molecule has 1 amide bonds. The average Bonchev–Trinajstić information content (AvgIpc) is 2.91. The van der Waals surface area contributed by atoms with Crippen molar-refractivity contribution in [2.45, 2.75) is 38.6 Å². The first-order chi connectivity index (χ1) is 12.6. The predicted molar refractivity (Wildman–Crippen MR) is 101 cm³/mol. The van der Waals surface area contributed by atoms with Crippen LogP contribution in [-0.2, 0) is 0 Å². The van der Waals surface area contributed by atoms with Gasteiger partial charge in [-0.05, 0) is 38.4 Å². The number of hydrogen-bond acceptors (Lipinski definition) is 4. The minimum Gasteiger partial charge on any atom is -0.456 e. The third-order valence-electron chi connectivity index (χ3n) is 4.84. The normalized spacial score (nSPS) is 16.7. The molecule has 0 spiro atoms. The van der Waals surface area contributed by atoms with Crippen LogP contribution in [0.5, 0.6) is 0 Å². The molecule has 1 atom stereocenters. The van der Waals surface area contributed by atoms with E-state index in [9.17, 15) is 9.59 Å². The van der Waals surface area contributed by atoms with Crippen LogP contribution >= 0.6 is 0 Å². The molecule has 2 aromatic rings. The number of rotatable bonds is 5. The summed E-state index contributed by atoms with van der Waals surface area (Å²) in [5.41, 5.74) is 0.978. The standard InChI is InChI=1S/C21H26N2O3/c1-16-13-18(24)14-20(26-16)21(25)22-15-19(17-9-5-4-6-10-17)23-11-7-2-3-8-12-23/h4-6,9-10,13-14,19H,2-3,7-8,11-12,15H2,1H3,(H,22,25)/t19-/m0/s1. The molecule has 1 aromatic carbocycles. The Labute approximate surface area is 154 Å². The van der Waals surface area contributed by atoms with Crippen molar-refractivity contribution in [1.29, 1.82) is 0 Å². The molecular formula is C21H26N2O3. The van der Waals surface area contributed by atoms with E-state index >= 15 is 0 Å². The van der Waals surface area contributed by atoms with Gasteiger partial charge in [0.2, 0.25) is 0 Å². The molecule has 0 saturated carbocycles. The second kappa shape index (κ2) is 8.81. The molecule has 0 radical (unpaired) electrons. The van der Waals surface area contributed by atoms with Crippen molar-refractivity contribution in [3.63, 3.8) is 0 Å². The third kappa shape index (κ3) is 4.82. The molecule has 26 heavy (non-hydrogen) atoms. The Hall–Kier alpha value is -2.40. The minimum absolute atomic E-state index is 0.0673. The second-order valence-corrected chi connectivity index (χ2v) is 6.85. The highest BCUT2D eigenvalue weighted by molar-refractivity contribution is 5.91. The van der Waals surface area contributed by atoms with E-state index in [0.29, 0.717) is 12.3 Å². The van der Waals surface area contributed by atoms with Crippen LogP contribution in [0.1, 0.15) is 53.6 Å². The lowest BCUT2D eigenvalue weighted by molar-refractivity contribution is 0.0901. The van der Waals surface area contributed by atoms with Gasteiger partial charge in [-0.15, -0.1) is 0 Å². The fraction of sp³-hybridized carbons (Fsp3) is 0.429. The summed E-state index contributed by atoms with van der Waals surface area (Å²) in [7, 11) is 0. The van der Waals surface area contributed by atoms with Crippen LogP contribution in [0, 0.1) is 6.92 Å². The zero-order valence-corrected chi connectivity index (χ0v) is 15.2. The quantitative estimate of drug-likeness (QED) is 0.895. The Bertz CT molecular complexity index is 777. The van der Waals surface area contributed by atoms with E-state index in [1.807, 2.05) is 18.2 Å². The highest BCUT2D eigenvalue weighted by Gasteiger charge is 2.22. The van der Waals surface area contributed by atoms with Crippen LogP contribution in [0.3, 0.4) is 0 Å². The molecule has 3 rings (SSSR count). The van der Waals surface area contributed by atoms with Gasteiger partial charge in [-0.25, -0.2) is 0 Å². The average molecular weight is 354 g/mol. The van der Waals surface area contributed by atoms with Crippen LogP contribution in [0.4, 0.5) is 0 Å². The molecule has 0 unspecified atom stereocenters. The largest absolute Gasteiger partial charge is 0.456 e. The maximum atomic E-state index is 12.5. The number of carbonyl (C=O) groups is 1. The summed E-state index contributed by atoms with van der Waals surface area (Å²) in [4.78, 5) is 26.5. The van der Waals surface area contributed by atoms with Crippen molar-refractivity contribution in [2.24, 2.45) is 0 Å². The summed E-state index contributed by atoms with van der Waals surface area (Å²) < 4.78 is 5.40. The van der Waals surface area contributed by atoms with Gasteiger partial charge < -0.3 is 9.73 Å². The van der Waals surface area contributed by atoms with E-state index < -0.39 is 0 Å². The first kappa shape index (κ1) is 18.4. The molecule has 1 aliphatic rings. The molecular weight excluding hydrogens is 328 g/mol. The summed E-state index contributed by atoms with van der Waals surface area (Å²) >= 11 is 0. The Morgan fingerprint density at radius 3 is 2.46 bits per heavy atom. The monoisotopic (exact) mass is 354 g/mol. The van der Waals surface area contributed by atoms with Crippen molar-refractivity contribution in [1.82, 2.24) is 10.2 Å². The van der Waals surface area contributed by atoms with Crippen molar-refractivity contribution in [3.05, 3.63) is 69.8 Å². The van der Waals surface area contributed by atoms with E-state index in [-0.39, 0.29) is 23.1 Å². The number of likely N-dealkylation sites (tertiary alicyclic amines) is 1. The predicted octanol–water partition coefficient (Wildman–Crippen LogP) is 3.30. The highest BCUT2D eigenvalue weighted by atomic mass is 16.3. The van der Waals surface area contributed by atoms with Crippen LogP contribution in [0.25, 0.3) is 0 Å². The van der Waals surface area contributed by atoms with Crippen molar-refractivity contribution in [2.75, 3.05) is 19.6 Å². The van der Waals surface area contributed by atoms with Gasteiger partial charge >= 0.3 is 0 Å². The summed E-state index contributed by atoms with van der Waals surface area (Å²) in [5, 5.41) is 2.96. The fourth-order valence-electron chi connectivity index (χ4n) is 3.53. The summed E-state index contributed by atoms with van der Waals surface area (Å²) in [5.74, 6) is 0.161. The summed E-state index contributed by atoms with van der Waals surface area (Å²) in [6.07, 6.45) is 4.89.